The molecule has 7 N–H and O–H groups in total. The van der Waals surface area contributed by atoms with Crippen LogP contribution in [0.4, 0.5) is 0 Å². The quantitative estimate of drug-likeness (QED) is 0.133. The van der Waals surface area contributed by atoms with Crippen molar-refractivity contribution in [1.82, 2.24) is 0 Å². The van der Waals surface area contributed by atoms with Crippen LogP contribution in [0.25, 0.3) is 0 Å². The second kappa shape index (κ2) is 13.8. The smallest absolute Gasteiger partial charge is 0.790 e. The van der Waals surface area contributed by atoms with Crippen LogP contribution in [0.3, 0.4) is 0 Å². The van der Waals surface area contributed by atoms with Crippen LogP contribution >= 0.6 is 7.82 Å². The molecule has 0 aromatic carbocycles. The molecular formula is C12H21K2O14P. The third-order valence-corrected chi connectivity index (χ3v) is 4.66. The maximum Gasteiger partial charge on any atom is 1.00 e. The fraction of sp³-hybridized carbons (Fsp3) is 1.00. The van der Waals surface area contributed by atoms with E-state index in [1.807, 2.05) is 0 Å². The fourth-order valence-corrected chi connectivity index (χ4v) is 3.20. The predicted molar refractivity (Wildman–Crippen MR) is 75.1 cm³/mol. The Morgan fingerprint density at radius 2 is 1.24 bits per heavy atom. The molecule has 2 saturated heterocycles. The van der Waals surface area contributed by atoms with E-state index in [0.29, 0.717) is 0 Å². The van der Waals surface area contributed by atoms with E-state index >= 15 is 0 Å². The second-order valence-electron chi connectivity index (χ2n) is 6.06. The van der Waals surface area contributed by atoms with Crippen molar-refractivity contribution in [1.29, 1.82) is 0 Å². The molecular weight excluding hydrogens is 477 g/mol. The number of phosphoric acid groups is 1. The molecule has 2 aliphatic rings. The van der Waals surface area contributed by atoms with E-state index in [1.54, 1.807) is 0 Å². The average Bonchev–Trinajstić information content (AvgIpc) is 2.60. The minimum atomic E-state index is -5.60. The predicted octanol–water partition coefficient (Wildman–Crippen LogP) is -12.5. The van der Waals surface area contributed by atoms with Crippen LogP contribution in [0.15, 0.2) is 0 Å². The molecule has 0 spiro atoms. The molecule has 160 valence electrons. The average molecular weight is 498 g/mol. The summed E-state index contributed by atoms with van der Waals surface area (Å²) in [6.07, 6.45) is -17.7. The standard InChI is InChI=1S/C12H23O14P.2K/c13-1-3-5(15)6(16)8(18)11(23-3)25-10-4(2-14)24-12(9(19)7(10)17)26-27(20,21)22;;/h3-19H,1-2H2,(H2,20,21,22);;/q;2*+1/p-2. The SMILES string of the molecule is O=P([O-])([O-])OC1OC(CO)C(OC2OC(CO)C(O)C(O)C2O)C(O)C1O.[K+].[K+]. The molecule has 2 rings (SSSR count). The zero-order valence-corrected chi connectivity index (χ0v) is 22.8. The van der Waals surface area contributed by atoms with Gasteiger partial charge in [-0.2, -0.15) is 0 Å². The second-order valence-corrected chi connectivity index (χ2v) is 7.16. The Hall–Kier alpha value is 2.98. The summed E-state index contributed by atoms with van der Waals surface area (Å²) in [7, 11) is -5.60. The summed E-state index contributed by atoms with van der Waals surface area (Å²) < 4.78 is 29.9. The number of phosphoric ester groups is 1. The van der Waals surface area contributed by atoms with E-state index in [1.165, 1.54) is 0 Å². The molecule has 2 fully saturated rings. The number of rotatable bonds is 6. The van der Waals surface area contributed by atoms with Gasteiger partial charge in [-0.05, 0) is 0 Å². The van der Waals surface area contributed by atoms with Crippen LogP contribution in [0.1, 0.15) is 0 Å². The molecule has 0 amide bonds. The van der Waals surface area contributed by atoms with E-state index < -0.39 is 82.4 Å². The van der Waals surface area contributed by atoms with Crippen molar-refractivity contribution in [3.63, 3.8) is 0 Å². The molecule has 0 aromatic rings. The molecule has 0 aliphatic carbocycles. The summed E-state index contributed by atoms with van der Waals surface area (Å²) in [4.78, 5) is 21.4. The van der Waals surface area contributed by atoms with Crippen molar-refractivity contribution in [3.8, 4) is 0 Å². The molecule has 0 aromatic heterocycles. The van der Waals surface area contributed by atoms with Crippen molar-refractivity contribution >= 4 is 7.82 Å². The first-order valence-electron chi connectivity index (χ1n) is 7.79. The molecule has 2 heterocycles. The van der Waals surface area contributed by atoms with Gasteiger partial charge in [0.1, 0.15) is 48.8 Å². The summed E-state index contributed by atoms with van der Waals surface area (Å²) >= 11 is 0. The number of ether oxygens (including phenoxy) is 3. The Morgan fingerprint density at radius 1 is 0.759 bits per heavy atom. The molecule has 10 unspecified atom stereocenters. The van der Waals surface area contributed by atoms with Crippen molar-refractivity contribution in [2.24, 2.45) is 0 Å². The Labute approximate surface area is 250 Å². The molecule has 2 aliphatic heterocycles. The molecule has 29 heavy (non-hydrogen) atoms. The van der Waals surface area contributed by atoms with Gasteiger partial charge in [-0.25, -0.2) is 0 Å². The van der Waals surface area contributed by atoms with Gasteiger partial charge in [0.25, 0.3) is 0 Å². The monoisotopic (exact) mass is 498 g/mol. The minimum absolute atomic E-state index is 0. The molecule has 0 saturated carbocycles. The largest absolute Gasteiger partial charge is 1.00 e. The third-order valence-electron chi connectivity index (χ3n) is 4.19. The van der Waals surface area contributed by atoms with Crippen LogP contribution in [0.2, 0.25) is 0 Å². The van der Waals surface area contributed by atoms with Gasteiger partial charge in [0.15, 0.2) is 12.6 Å². The Kier molecular flexibility index (Phi) is 15.2. The van der Waals surface area contributed by atoms with E-state index in [0.717, 1.165) is 0 Å². The molecule has 14 nitrogen and oxygen atoms in total. The van der Waals surface area contributed by atoms with Gasteiger partial charge in [0, 0.05) is 0 Å². The van der Waals surface area contributed by atoms with E-state index in [2.05, 4.69) is 4.52 Å². The van der Waals surface area contributed by atoms with Crippen LogP contribution in [0.5, 0.6) is 0 Å². The van der Waals surface area contributed by atoms with Crippen molar-refractivity contribution < 1.29 is 172 Å². The van der Waals surface area contributed by atoms with Gasteiger partial charge >= 0.3 is 103 Å². The summed E-state index contributed by atoms with van der Waals surface area (Å²) in [5.74, 6) is 0. The topological polar surface area (TPSA) is 242 Å². The van der Waals surface area contributed by atoms with Crippen LogP contribution in [0, 0.1) is 0 Å². The Bertz CT molecular complexity index is 535. The normalized spacial score (nSPS) is 43.2. The van der Waals surface area contributed by atoms with Crippen LogP contribution in [-0.2, 0) is 23.3 Å². The number of hydrogen-bond donors (Lipinski definition) is 7. The number of hydrogen-bond acceptors (Lipinski definition) is 14. The molecule has 0 bridgehead atoms. The van der Waals surface area contributed by atoms with Gasteiger partial charge in [-0.3, -0.25) is 0 Å². The zero-order valence-electron chi connectivity index (χ0n) is 15.6. The van der Waals surface area contributed by atoms with Gasteiger partial charge in [0.05, 0.1) is 21.0 Å². The van der Waals surface area contributed by atoms with Gasteiger partial charge in [0.2, 0.25) is 0 Å². The van der Waals surface area contributed by atoms with Crippen LogP contribution < -0.4 is 113 Å². The summed E-state index contributed by atoms with van der Waals surface area (Å²) in [6, 6.07) is 0. The van der Waals surface area contributed by atoms with Crippen LogP contribution in [-0.4, -0.2) is 110 Å². The van der Waals surface area contributed by atoms with Gasteiger partial charge in [-0.1, -0.05) is 0 Å². The fourth-order valence-electron chi connectivity index (χ4n) is 2.77. The van der Waals surface area contributed by atoms with E-state index in [-0.39, 0.29) is 103 Å². The molecule has 10 atom stereocenters. The van der Waals surface area contributed by atoms with E-state index in [4.69, 9.17) is 19.3 Å². The number of aliphatic hydroxyl groups is 7. The number of aliphatic hydroxyl groups excluding tert-OH is 7. The maximum atomic E-state index is 10.7. The molecule has 0 radical (unpaired) electrons. The van der Waals surface area contributed by atoms with Crippen molar-refractivity contribution in [2.75, 3.05) is 13.2 Å². The first kappa shape index (κ1) is 32.0. The first-order chi connectivity index (χ1) is 12.5. The minimum Gasteiger partial charge on any atom is -0.790 e. The van der Waals surface area contributed by atoms with Gasteiger partial charge in [-0.15, -0.1) is 0 Å². The van der Waals surface area contributed by atoms with Crippen molar-refractivity contribution in [2.45, 2.75) is 61.4 Å². The summed E-state index contributed by atoms with van der Waals surface area (Å²) in [6.45, 7) is -1.65. The third kappa shape index (κ3) is 8.30. The Morgan fingerprint density at radius 3 is 1.72 bits per heavy atom. The first-order valence-corrected chi connectivity index (χ1v) is 9.25. The Balaban J connectivity index is 0.00000392. The van der Waals surface area contributed by atoms with Gasteiger partial charge < -0.3 is 68.8 Å². The summed E-state index contributed by atoms with van der Waals surface area (Å²) in [5.41, 5.74) is 0. The maximum absolute atomic E-state index is 10.7. The van der Waals surface area contributed by atoms with E-state index in [9.17, 15) is 45.0 Å². The van der Waals surface area contributed by atoms with Crippen molar-refractivity contribution in [3.05, 3.63) is 0 Å². The summed E-state index contributed by atoms with van der Waals surface area (Å²) in [5, 5.41) is 67.9. The molecule has 17 heteroatoms. The zero-order chi connectivity index (χ0) is 20.5.